The molecule has 0 aromatic carbocycles. The van der Waals surface area contributed by atoms with Gasteiger partial charge in [0.25, 0.3) is 0 Å². The van der Waals surface area contributed by atoms with Crippen LogP contribution in [0.25, 0.3) is 0 Å². The highest BCUT2D eigenvalue weighted by molar-refractivity contribution is 5.19. The molecule has 2 spiro atoms. The zero-order valence-electron chi connectivity index (χ0n) is 17.3. The molecule has 4 fully saturated rings. The van der Waals surface area contributed by atoms with Crippen LogP contribution >= 0.6 is 0 Å². The number of fused-ring (bicyclic) bond motifs is 2. The second-order valence-electron chi connectivity index (χ2n) is 8.41. The summed E-state index contributed by atoms with van der Waals surface area (Å²) < 4.78 is 0. The van der Waals surface area contributed by atoms with Gasteiger partial charge in [0.05, 0.1) is 0 Å². The maximum absolute atomic E-state index is 9.98. The monoisotopic (exact) mass is 359 g/mol. The number of hydrogen-bond acceptors (Lipinski definition) is 5. The molecule has 4 rings (SSSR count). The van der Waals surface area contributed by atoms with E-state index in [1.54, 1.807) is 13.8 Å². The Labute approximate surface area is 154 Å². The molecule has 0 aromatic heterocycles. The van der Waals surface area contributed by atoms with E-state index in [4.69, 9.17) is 10.2 Å². The van der Waals surface area contributed by atoms with Crippen LogP contribution in [0.3, 0.4) is 0 Å². The van der Waals surface area contributed by atoms with Gasteiger partial charge < -0.3 is 20.4 Å². The van der Waals surface area contributed by atoms with Crippen LogP contribution in [0.5, 0.6) is 0 Å². The Morgan fingerprint density at radius 1 is 0.960 bits per heavy atom. The highest BCUT2D eigenvalue weighted by Gasteiger charge is 2.70. The van der Waals surface area contributed by atoms with E-state index in [0.29, 0.717) is 23.3 Å². The van der Waals surface area contributed by atoms with Crippen molar-refractivity contribution in [2.45, 2.75) is 105 Å². The lowest BCUT2D eigenvalue weighted by Crippen LogP contribution is -2.44. The minimum atomic E-state index is -1.50. The van der Waals surface area contributed by atoms with E-state index in [9.17, 15) is 10.2 Å². The second kappa shape index (κ2) is 7.81. The fourth-order valence-corrected chi connectivity index (χ4v) is 3.88. The summed E-state index contributed by atoms with van der Waals surface area (Å²) in [5.74, 6) is -3.07. The maximum atomic E-state index is 9.98. The normalized spacial score (nSPS) is 29.0. The molecular weight excluding hydrogens is 318 g/mol. The van der Waals surface area contributed by atoms with Crippen molar-refractivity contribution in [3.05, 3.63) is 0 Å². The van der Waals surface area contributed by atoms with E-state index < -0.39 is 11.7 Å². The molecule has 4 N–H and O–H groups in total. The van der Waals surface area contributed by atoms with Gasteiger partial charge in [-0.1, -0.05) is 41.5 Å². The number of rotatable bonds is 1. The molecule has 2 heterocycles. The lowest BCUT2D eigenvalue weighted by Gasteiger charge is -2.27. The van der Waals surface area contributed by atoms with Gasteiger partial charge in [0.1, 0.15) is 0 Å². The Morgan fingerprint density at radius 2 is 1.40 bits per heavy atom. The quantitative estimate of drug-likeness (QED) is 0.541. The Bertz CT molecular complexity index is 406. The van der Waals surface area contributed by atoms with E-state index >= 15 is 0 Å². The van der Waals surface area contributed by atoms with Crippen molar-refractivity contribution in [1.82, 2.24) is 4.90 Å². The fourth-order valence-electron chi connectivity index (χ4n) is 3.88. The maximum Gasteiger partial charge on any atom is 0.225 e. The van der Waals surface area contributed by atoms with Crippen molar-refractivity contribution >= 4 is 0 Å². The third kappa shape index (κ3) is 4.95. The number of hydrogen-bond donors (Lipinski definition) is 4. The summed E-state index contributed by atoms with van der Waals surface area (Å²) in [4.78, 5) is 1.99. The molecule has 150 valence electrons. The Hall–Kier alpha value is -0.200. The first kappa shape index (κ1) is 22.8. The summed E-state index contributed by atoms with van der Waals surface area (Å²) in [6.45, 7) is 13.8. The molecule has 2 saturated heterocycles. The van der Waals surface area contributed by atoms with Crippen LogP contribution in [-0.2, 0) is 0 Å². The highest BCUT2D eigenvalue weighted by Crippen LogP contribution is 2.69. The van der Waals surface area contributed by atoms with Gasteiger partial charge in [0.2, 0.25) is 5.91 Å². The average Bonchev–Trinajstić information content (AvgIpc) is 3.40. The van der Waals surface area contributed by atoms with Crippen molar-refractivity contribution in [3.63, 3.8) is 0 Å². The molecule has 0 radical (unpaired) electrons. The van der Waals surface area contributed by atoms with Crippen molar-refractivity contribution in [2.24, 2.45) is 16.7 Å². The Kier molecular flexibility index (Phi) is 7.14. The minimum absolute atomic E-state index is 0.0903. The first-order valence-corrected chi connectivity index (χ1v) is 10.2. The summed E-state index contributed by atoms with van der Waals surface area (Å²) in [5, 5.41) is 37.3. The molecule has 0 aromatic rings. The van der Waals surface area contributed by atoms with Gasteiger partial charge in [0, 0.05) is 24.9 Å². The molecule has 4 aliphatic rings. The summed E-state index contributed by atoms with van der Waals surface area (Å²) in [7, 11) is 0. The predicted molar refractivity (Wildman–Crippen MR) is 101 cm³/mol. The zero-order valence-corrected chi connectivity index (χ0v) is 17.3. The number of nitrogens with zero attached hydrogens (tertiary/aromatic N) is 1. The number of aliphatic hydroxyl groups is 4. The van der Waals surface area contributed by atoms with Gasteiger partial charge in [-0.3, -0.25) is 0 Å². The average molecular weight is 360 g/mol. The van der Waals surface area contributed by atoms with Crippen molar-refractivity contribution in [3.8, 4) is 0 Å². The van der Waals surface area contributed by atoms with E-state index in [0.717, 1.165) is 6.54 Å². The molecule has 1 unspecified atom stereocenters. The molecule has 1 atom stereocenters. The van der Waals surface area contributed by atoms with Gasteiger partial charge in [-0.25, -0.2) is 4.90 Å². The zero-order chi connectivity index (χ0) is 19.7. The molecule has 2 saturated carbocycles. The minimum Gasteiger partial charge on any atom is -0.366 e. The third-order valence-corrected chi connectivity index (χ3v) is 6.21. The van der Waals surface area contributed by atoms with Gasteiger partial charge in [-0.05, 0) is 49.9 Å². The molecular formula is C20H41NO4. The lowest BCUT2D eigenvalue weighted by molar-refractivity contribution is -0.247. The van der Waals surface area contributed by atoms with Crippen LogP contribution in [0.2, 0.25) is 0 Å². The van der Waals surface area contributed by atoms with E-state index in [-0.39, 0.29) is 5.92 Å². The summed E-state index contributed by atoms with van der Waals surface area (Å²) in [6, 6.07) is 0.486. The smallest absolute Gasteiger partial charge is 0.225 e. The molecule has 2 aliphatic carbocycles. The topological polar surface area (TPSA) is 84.2 Å². The van der Waals surface area contributed by atoms with E-state index in [1.807, 2.05) is 32.6 Å². The van der Waals surface area contributed by atoms with Gasteiger partial charge >= 0.3 is 0 Å². The highest BCUT2D eigenvalue weighted by atomic mass is 16.5. The molecule has 2 aliphatic heterocycles. The first-order valence-electron chi connectivity index (χ1n) is 10.2. The van der Waals surface area contributed by atoms with Crippen LogP contribution < -0.4 is 0 Å². The molecule has 0 bridgehead atoms. The van der Waals surface area contributed by atoms with E-state index in [2.05, 4.69) is 0 Å². The van der Waals surface area contributed by atoms with Crippen LogP contribution in [-0.4, -0.2) is 49.6 Å². The summed E-state index contributed by atoms with van der Waals surface area (Å²) in [5.41, 5.74) is 0.799. The summed E-state index contributed by atoms with van der Waals surface area (Å²) >= 11 is 0. The fraction of sp³-hybridized carbons (Fsp3) is 1.00. The van der Waals surface area contributed by atoms with Gasteiger partial charge in [-0.15, -0.1) is 0 Å². The molecule has 5 nitrogen and oxygen atoms in total. The SMILES string of the molecule is CC.CC.CC(C)C(C)(O)O.OC1(O)CC2(CC2)C2CC3(CC3)CN21. The molecule has 25 heavy (non-hydrogen) atoms. The first-order chi connectivity index (χ1) is 11.5. The van der Waals surface area contributed by atoms with Crippen LogP contribution in [0, 0.1) is 16.7 Å². The van der Waals surface area contributed by atoms with E-state index in [1.165, 1.54) is 39.0 Å². The summed E-state index contributed by atoms with van der Waals surface area (Å²) in [6.07, 6.45) is 6.88. The van der Waals surface area contributed by atoms with Crippen molar-refractivity contribution < 1.29 is 20.4 Å². The Morgan fingerprint density at radius 3 is 1.72 bits per heavy atom. The third-order valence-electron chi connectivity index (χ3n) is 6.21. The van der Waals surface area contributed by atoms with Crippen molar-refractivity contribution in [1.29, 1.82) is 0 Å². The predicted octanol–water partition coefficient (Wildman–Crippen LogP) is 3.06. The van der Waals surface area contributed by atoms with Crippen LogP contribution in [0.4, 0.5) is 0 Å². The van der Waals surface area contributed by atoms with Crippen molar-refractivity contribution in [2.75, 3.05) is 6.54 Å². The van der Waals surface area contributed by atoms with Gasteiger partial charge in [-0.2, -0.15) is 0 Å². The van der Waals surface area contributed by atoms with Gasteiger partial charge in [0.15, 0.2) is 5.79 Å². The lowest BCUT2D eigenvalue weighted by atomic mass is 9.90. The van der Waals surface area contributed by atoms with Crippen LogP contribution in [0.15, 0.2) is 0 Å². The second-order valence-corrected chi connectivity index (χ2v) is 8.41. The molecule has 0 amide bonds. The molecule has 5 heteroatoms. The Balaban J connectivity index is 0.000000246. The standard InChI is InChI=1S/C11H17NO2.C5H12O2.2C2H6/c13-11(14)6-10(3-4-10)8-5-9(1-2-9)7-12(8)11;1-4(2)5(3,6)7;2*1-2/h8,13-14H,1-7H2;4,6-7H,1-3H3;2*1-2H3. The largest absolute Gasteiger partial charge is 0.366 e. The van der Waals surface area contributed by atoms with Crippen LogP contribution in [0.1, 0.15) is 87.0 Å².